The maximum Gasteiger partial charge on any atom is 0.410 e. The van der Waals surface area contributed by atoms with Gasteiger partial charge in [0.25, 0.3) is 0 Å². The minimum atomic E-state index is -0.565. The minimum Gasteiger partial charge on any atom is -0.497 e. The molecule has 0 radical (unpaired) electrons. The average Bonchev–Trinajstić information content (AvgIpc) is 2.76. The van der Waals surface area contributed by atoms with E-state index in [1.807, 2.05) is 50.8 Å². The normalized spacial score (nSPS) is 22.7. The van der Waals surface area contributed by atoms with E-state index >= 15 is 0 Å². The largest absolute Gasteiger partial charge is 0.497 e. The molecule has 174 valence electrons. The number of piperidine rings is 1. The monoisotopic (exact) mass is 441 g/mol. The Labute approximate surface area is 191 Å². The summed E-state index contributed by atoms with van der Waals surface area (Å²) in [6.45, 7) is 11.0. The predicted molar refractivity (Wildman–Crippen MR) is 123 cm³/mol. The quantitative estimate of drug-likeness (QED) is 0.676. The number of ether oxygens (including phenoxy) is 2. The molecule has 3 rings (SSSR count). The summed E-state index contributed by atoms with van der Waals surface area (Å²) in [6.07, 6.45) is 1.37. The summed E-state index contributed by atoms with van der Waals surface area (Å²) < 4.78 is 10.9. The van der Waals surface area contributed by atoms with Crippen molar-refractivity contribution in [2.45, 2.75) is 65.4 Å². The van der Waals surface area contributed by atoms with E-state index in [0.717, 1.165) is 11.3 Å². The molecule has 0 bridgehead atoms. The SMILES string of the molecule is COc1ccc2c(c1)N(CCC1(C#N)CCN(C(=O)OC(C)(C)C)CC1)C(=O)C(C)C2C. The molecular formula is C25H35N3O4. The number of rotatable bonds is 4. The molecular weight excluding hydrogens is 406 g/mol. The minimum absolute atomic E-state index is 0.0810. The van der Waals surface area contributed by atoms with E-state index in [1.165, 1.54) is 0 Å². The molecule has 1 saturated heterocycles. The molecule has 0 spiro atoms. The summed E-state index contributed by atoms with van der Waals surface area (Å²) >= 11 is 0. The van der Waals surface area contributed by atoms with Crippen LogP contribution in [0.5, 0.6) is 5.75 Å². The second-order valence-electron chi connectivity index (χ2n) is 10.1. The number of nitriles is 1. The van der Waals surface area contributed by atoms with Crippen LogP contribution < -0.4 is 9.64 Å². The van der Waals surface area contributed by atoms with Crippen LogP contribution in [0.25, 0.3) is 0 Å². The molecule has 7 heteroatoms. The van der Waals surface area contributed by atoms with Crippen LogP contribution in [-0.4, -0.2) is 49.2 Å². The van der Waals surface area contributed by atoms with Crippen LogP contribution in [-0.2, 0) is 9.53 Å². The molecule has 2 unspecified atom stereocenters. The number of methoxy groups -OCH3 is 1. The Morgan fingerprint density at radius 3 is 2.44 bits per heavy atom. The molecule has 2 heterocycles. The van der Waals surface area contributed by atoms with E-state index in [9.17, 15) is 14.9 Å². The Bertz CT molecular complexity index is 907. The van der Waals surface area contributed by atoms with Gasteiger partial charge < -0.3 is 19.3 Å². The summed E-state index contributed by atoms with van der Waals surface area (Å²) in [7, 11) is 1.62. The molecule has 0 saturated carbocycles. The van der Waals surface area contributed by atoms with Crippen LogP contribution in [0.4, 0.5) is 10.5 Å². The van der Waals surface area contributed by atoms with Gasteiger partial charge in [0.15, 0.2) is 0 Å². The van der Waals surface area contributed by atoms with Crippen LogP contribution in [0.2, 0.25) is 0 Å². The van der Waals surface area contributed by atoms with E-state index in [1.54, 1.807) is 12.0 Å². The molecule has 7 nitrogen and oxygen atoms in total. The van der Waals surface area contributed by atoms with Crippen molar-refractivity contribution in [2.24, 2.45) is 11.3 Å². The molecule has 32 heavy (non-hydrogen) atoms. The molecule has 2 amide bonds. The highest BCUT2D eigenvalue weighted by Crippen LogP contribution is 2.42. The number of likely N-dealkylation sites (tertiary alicyclic amines) is 1. The summed E-state index contributed by atoms with van der Waals surface area (Å²) in [5.41, 5.74) is 0.893. The van der Waals surface area contributed by atoms with Crippen molar-refractivity contribution in [3.8, 4) is 11.8 Å². The first-order chi connectivity index (χ1) is 15.0. The van der Waals surface area contributed by atoms with Crippen molar-refractivity contribution in [2.75, 3.05) is 31.6 Å². The van der Waals surface area contributed by atoms with E-state index in [2.05, 4.69) is 13.0 Å². The van der Waals surface area contributed by atoms with Gasteiger partial charge in [-0.15, -0.1) is 0 Å². The van der Waals surface area contributed by atoms with Crippen LogP contribution in [0.1, 0.15) is 65.4 Å². The third-order valence-corrected chi connectivity index (χ3v) is 6.85. The predicted octanol–water partition coefficient (Wildman–Crippen LogP) is 4.71. The van der Waals surface area contributed by atoms with Crippen molar-refractivity contribution in [3.63, 3.8) is 0 Å². The van der Waals surface area contributed by atoms with Gasteiger partial charge in [-0.1, -0.05) is 19.9 Å². The van der Waals surface area contributed by atoms with Gasteiger partial charge >= 0.3 is 6.09 Å². The van der Waals surface area contributed by atoms with Crippen LogP contribution in [0.3, 0.4) is 0 Å². The number of hydrogen-bond donors (Lipinski definition) is 0. The Morgan fingerprint density at radius 2 is 1.88 bits per heavy atom. The summed E-state index contributed by atoms with van der Waals surface area (Å²) in [6, 6.07) is 8.39. The first-order valence-electron chi connectivity index (χ1n) is 11.4. The number of carbonyl (C=O) groups excluding carboxylic acids is 2. The summed E-state index contributed by atoms with van der Waals surface area (Å²) in [4.78, 5) is 29.1. The lowest BCUT2D eigenvalue weighted by atomic mass is 9.76. The third kappa shape index (κ3) is 4.85. The average molecular weight is 442 g/mol. The van der Waals surface area contributed by atoms with Crippen molar-refractivity contribution in [1.82, 2.24) is 4.90 Å². The van der Waals surface area contributed by atoms with Crippen LogP contribution >= 0.6 is 0 Å². The summed E-state index contributed by atoms with van der Waals surface area (Å²) in [5.74, 6) is 0.797. The molecule has 1 aromatic carbocycles. The van der Waals surface area contributed by atoms with Crippen molar-refractivity contribution in [1.29, 1.82) is 5.26 Å². The molecule has 2 atom stereocenters. The Balaban J connectivity index is 1.73. The zero-order valence-corrected chi connectivity index (χ0v) is 20.1. The highest BCUT2D eigenvalue weighted by molar-refractivity contribution is 5.99. The first-order valence-corrected chi connectivity index (χ1v) is 11.4. The number of carbonyl (C=O) groups is 2. The van der Waals surface area contributed by atoms with Gasteiger partial charge in [0, 0.05) is 31.6 Å². The number of benzene rings is 1. The Kier molecular flexibility index (Phi) is 6.73. The lowest BCUT2D eigenvalue weighted by Crippen LogP contribution is -2.47. The fourth-order valence-corrected chi connectivity index (χ4v) is 4.53. The maximum atomic E-state index is 13.2. The number of hydrogen-bond acceptors (Lipinski definition) is 5. The van der Waals surface area contributed by atoms with E-state index in [-0.39, 0.29) is 23.8 Å². The highest BCUT2D eigenvalue weighted by atomic mass is 16.6. The Hall–Kier alpha value is -2.75. The zero-order chi connectivity index (χ0) is 23.7. The van der Waals surface area contributed by atoms with Gasteiger partial charge in [-0.25, -0.2) is 4.79 Å². The van der Waals surface area contributed by atoms with Gasteiger partial charge in [0.2, 0.25) is 5.91 Å². The number of nitrogens with zero attached hydrogens (tertiary/aromatic N) is 3. The second kappa shape index (κ2) is 9.01. The van der Waals surface area contributed by atoms with Crippen molar-refractivity contribution in [3.05, 3.63) is 23.8 Å². The summed E-state index contributed by atoms with van der Waals surface area (Å²) in [5, 5.41) is 10.0. The second-order valence-corrected chi connectivity index (χ2v) is 10.1. The van der Waals surface area contributed by atoms with E-state index in [4.69, 9.17) is 9.47 Å². The van der Waals surface area contributed by atoms with Gasteiger partial charge in [-0.3, -0.25) is 4.79 Å². The van der Waals surface area contributed by atoms with Crippen LogP contribution in [0.15, 0.2) is 18.2 Å². The number of amides is 2. The topological polar surface area (TPSA) is 82.9 Å². The molecule has 2 aliphatic rings. The van der Waals surface area contributed by atoms with Crippen molar-refractivity contribution >= 4 is 17.7 Å². The lowest BCUT2D eigenvalue weighted by molar-refractivity contribution is -0.123. The smallest absolute Gasteiger partial charge is 0.410 e. The Morgan fingerprint density at radius 1 is 1.22 bits per heavy atom. The van der Waals surface area contributed by atoms with Gasteiger partial charge in [0.1, 0.15) is 11.4 Å². The van der Waals surface area contributed by atoms with Crippen molar-refractivity contribution < 1.29 is 19.1 Å². The highest BCUT2D eigenvalue weighted by Gasteiger charge is 2.40. The number of fused-ring (bicyclic) bond motifs is 1. The van der Waals surface area contributed by atoms with E-state index in [0.29, 0.717) is 44.6 Å². The van der Waals surface area contributed by atoms with Gasteiger partial charge in [-0.05, 0) is 57.6 Å². The fourth-order valence-electron chi connectivity index (χ4n) is 4.53. The third-order valence-electron chi connectivity index (χ3n) is 6.85. The maximum absolute atomic E-state index is 13.2. The zero-order valence-electron chi connectivity index (χ0n) is 20.1. The fraction of sp³-hybridized carbons (Fsp3) is 0.640. The molecule has 0 aliphatic carbocycles. The molecule has 0 N–H and O–H groups in total. The standard InChI is InChI=1S/C25H35N3O4/c1-17-18(2)22(29)28(21-15-19(31-6)7-8-20(17)21)14-11-25(16-26)9-12-27(13-10-25)23(30)32-24(3,4)5/h7-8,15,17-18H,9-14H2,1-6H3. The molecule has 0 aromatic heterocycles. The lowest BCUT2D eigenvalue weighted by Gasteiger charge is -2.41. The first kappa shape index (κ1) is 23.9. The van der Waals surface area contributed by atoms with Crippen LogP contribution in [0, 0.1) is 22.7 Å². The van der Waals surface area contributed by atoms with E-state index < -0.39 is 11.0 Å². The molecule has 1 fully saturated rings. The van der Waals surface area contributed by atoms with Gasteiger partial charge in [-0.2, -0.15) is 5.26 Å². The number of anilines is 1. The molecule has 1 aromatic rings. The van der Waals surface area contributed by atoms with Gasteiger partial charge in [0.05, 0.1) is 24.3 Å². The molecule has 2 aliphatic heterocycles.